The summed E-state index contributed by atoms with van der Waals surface area (Å²) in [5.41, 5.74) is 0.873. The van der Waals surface area contributed by atoms with Gasteiger partial charge in [-0.25, -0.2) is 0 Å². The van der Waals surface area contributed by atoms with Crippen LogP contribution in [0.15, 0.2) is 58.9 Å². The zero-order valence-corrected chi connectivity index (χ0v) is 21.1. The average Bonchev–Trinajstić information content (AvgIpc) is 2.76. The molecule has 0 fully saturated rings. The fraction of sp³-hybridized carbons (Fsp3) is 0.462. The number of hydrogen-bond donors (Lipinski definition) is 3. The Balaban J connectivity index is 1.96. The molecule has 1 aromatic heterocycles. The normalized spacial score (nSPS) is 19.4. The average molecular weight is 453 g/mol. The number of rotatable bonds is 6. The molecule has 0 radical (unpaired) electrons. The van der Waals surface area contributed by atoms with E-state index in [4.69, 9.17) is 0 Å². The van der Waals surface area contributed by atoms with Gasteiger partial charge in [-0.3, -0.25) is 9.59 Å². The summed E-state index contributed by atoms with van der Waals surface area (Å²) >= 11 is 0. The lowest BCUT2D eigenvalue weighted by atomic mass is 9.74. The highest BCUT2D eigenvalue weighted by Crippen LogP contribution is 2.64. The maximum atomic E-state index is 12.9. The molecule has 0 saturated heterocycles. The van der Waals surface area contributed by atoms with Crippen LogP contribution in [0.25, 0.3) is 10.9 Å². The molecular formula is C26H36N2O3Si. The highest BCUT2D eigenvalue weighted by Gasteiger charge is 2.58. The van der Waals surface area contributed by atoms with E-state index in [1.165, 1.54) is 6.20 Å². The highest BCUT2D eigenvalue weighted by atomic mass is 28.3. The third kappa shape index (κ3) is 3.64. The Morgan fingerprint density at radius 1 is 1.16 bits per heavy atom. The van der Waals surface area contributed by atoms with Crippen LogP contribution in [0.2, 0.25) is 23.2 Å². The molecule has 1 amide bonds. The first-order valence-corrected chi connectivity index (χ1v) is 14.2. The molecule has 0 saturated carbocycles. The number of benzene rings is 1. The SMILES string of the molecule is CC[Si](CC)(CC)C1(C(C)(C)C)CC=C(NC(=O)c2c[nH]c3ccccc3c2=O)C=C1O. The second-order valence-corrected chi connectivity index (χ2v) is 15.5. The van der Waals surface area contributed by atoms with Gasteiger partial charge in [0.15, 0.2) is 0 Å². The van der Waals surface area contributed by atoms with Gasteiger partial charge in [0.2, 0.25) is 5.43 Å². The van der Waals surface area contributed by atoms with E-state index < -0.39 is 14.0 Å². The summed E-state index contributed by atoms with van der Waals surface area (Å²) in [5, 5.41) is 14.5. The number of aromatic nitrogens is 1. The van der Waals surface area contributed by atoms with Crippen molar-refractivity contribution in [3.05, 3.63) is 69.9 Å². The van der Waals surface area contributed by atoms with Gasteiger partial charge < -0.3 is 15.4 Å². The molecule has 2 aromatic rings. The number of aliphatic hydroxyl groups is 1. The summed E-state index contributed by atoms with van der Waals surface area (Å²) in [6.45, 7) is 13.4. The topological polar surface area (TPSA) is 82.2 Å². The Morgan fingerprint density at radius 2 is 1.78 bits per heavy atom. The standard InChI is InChI=1S/C26H36N2O3Si/c1-7-32(8-2,9-3)26(25(4,5)6)15-14-18(16-22(26)29)28-24(31)20-17-27-21-13-11-10-12-19(21)23(20)30/h10-14,16-17,29H,7-9,15H2,1-6H3,(H,27,30)(H,28,31). The number of allylic oxidation sites excluding steroid dienone is 3. The molecule has 1 aliphatic carbocycles. The molecule has 3 rings (SSSR count). The molecule has 1 unspecified atom stereocenters. The van der Waals surface area contributed by atoms with Crippen molar-refractivity contribution in [1.82, 2.24) is 10.3 Å². The molecular weight excluding hydrogens is 416 g/mol. The molecule has 1 atom stereocenters. The molecule has 0 aliphatic heterocycles. The van der Waals surface area contributed by atoms with Crippen LogP contribution >= 0.6 is 0 Å². The molecule has 3 N–H and O–H groups in total. The molecule has 0 bridgehead atoms. The van der Waals surface area contributed by atoms with Crippen LogP contribution < -0.4 is 10.7 Å². The van der Waals surface area contributed by atoms with Gasteiger partial charge in [0.25, 0.3) is 5.91 Å². The molecule has 1 aromatic carbocycles. The van der Waals surface area contributed by atoms with Crippen LogP contribution in [0.5, 0.6) is 0 Å². The van der Waals surface area contributed by atoms with E-state index in [1.807, 2.05) is 12.1 Å². The summed E-state index contributed by atoms with van der Waals surface area (Å²) in [5.74, 6) is -0.104. The van der Waals surface area contributed by atoms with Crippen LogP contribution in [-0.2, 0) is 0 Å². The minimum atomic E-state index is -1.87. The third-order valence-corrected chi connectivity index (χ3v) is 14.9. The lowest BCUT2D eigenvalue weighted by Gasteiger charge is -2.56. The van der Waals surface area contributed by atoms with E-state index in [0.29, 0.717) is 28.8 Å². The molecule has 6 heteroatoms. The van der Waals surface area contributed by atoms with Crippen molar-refractivity contribution < 1.29 is 9.90 Å². The number of fused-ring (bicyclic) bond motifs is 1. The number of para-hydroxylation sites is 1. The number of aromatic amines is 1. The number of amides is 1. The fourth-order valence-electron chi connectivity index (χ4n) is 5.95. The van der Waals surface area contributed by atoms with E-state index in [9.17, 15) is 14.7 Å². The maximum Gasteiger partial charge on any atom is 0.261 e. The Bertz CT molecular complexity index is 1130. The molecule has 1 heterocycles. The Kier molecular flexibility index (Phi) is 6.56. The van der Waals surface area contributed by atoms with Gasteiger partial charge in [-0.05, 0) is 30.0 Å². The number of nitrogens with one attached hydrogen (secondary N) is 2. The quantitative estimate of drug-likeness (QED) is 0.451. The van der Waals surface area contributed by atoms with Crippen LogP contribution in [0, 0.1) is 5.41 Å². The van der Waals surface area contributed by atoms with Crippen LogP contribution in [0.1, 0.15) is 58.3 Å². The van der Waals surface area contributed by atoms with Crippen molar-refractivity contribution >= 4 is 24.9 Å². The molecule has 1 aliphatic rings. The predicted molar refractivity (Wildman–Crippen MR) is 135 cm³/mol. The van der Waals surface area contributed by atoms with Gasteiger partial charge in [-0.1, -0.05) is 77.9 Å². The number of aliphatic hydroxyl groups excluding tert-OH is 1. The minimum Gasteiger partial charge on any atom is -0.512 e. The van der Waals surface area contributed by atoms with Gasteiger partial charge in [0, 0.05) is 27.8 Å². The number of carbonyl (C=O) groups is 1. The first kappa shape index (κ1) is 24.0. The number of carbonyl (C=O) groups excluding carboxylic acids is 1. The van der Waals surface area contributed by atoms with E-state index >= 15 is 0 Å². The summed E-state index contributed by atoms with van der Waals surface area (Å²) in [7, 11) is -1.87. The number of pyridine rings is 1. The monoisotopic (exact) mass is 452 g/mol. The summed E-state index contributed by atoms with van der Waals surface area (Å²) < 4.78 is 0. The van der Waals surface area contributed by atoms with Gasteiger partial charge in [-0.2, -0.15) is 0 Å². The van der Waals surface area contributed by atoms with Gasteiger partial charge in [0.1, 0.15) is 5.56 Å². The Labute approximate surface area is 191 Å². The van der Waals surface area contributed by atoms with Crippen molar-refractivity contribution in [3.8, 4) is 0 Å². The summed E-state index contributed by atoms with van der Waals surface area (Å²) in [4.78, 5) is 28.8. The predicted octanol–water partition coefficient (Wildman–Crippen LogP) is 6.28. The lowest BCUT2D eigenvalue weighted by Crippen LogP contribution is -2.54. The van der Waals surface area contributed by atoms with E-state index in [2.05, 4.69) is 51.8 Å². The van der Waals surface area contributed by atoms with Crippen LogP contribution in [-0.4, -0.2) is 24.1 Å². The molecule has 172 valence electrons. The van der Waals surface area contributed by atoms with Crippen molar-refractivity contribution in [1.29, 1.82) is 0 Å². The zero-order valence-electron chi connectivity index (χ0n) is 20.1. The Morgan fingerprint density at radius 3 is 2.34 bits per heavy atom. The van der Waals surface area contributed by atoms with Crippen LogP contribution in [0.3, 0.4) is 0 Å². The first-order chi connectivity index (χ1) is 15.1. The van der Waals surface area contributed by atoms with Gasteiger partial charge >= 0.3 is 0 Å². The lowest BCUT2D eigenvalue weighted by molar-refractivity contribution is 0.0965. The maximum absolute atomic E-state index is 12.9. The zero-order chi connectivity index (χ0) is 23.7. The molecule has 32 heavy (non-hydrogen) atoms. The van der Waals surface area contributed by atoms with E-state index in [0.717, 1.165) is 18.1 Å². The van der Waals surface area contributed by atoms with Crippen molar-refractivity contribution in [2.45, 2.75) is 71.1 Å². The third-order valence-electron chi connectivity index (χ3n) is 7.86. The molecule has 0 spiro atoms. The smallest absolute Gasteiger partial charge is 0.261 e. The minimum absolute atomic E-state index is 0.0598. The van der Waals surface area contributed by atoms with Gasteiger partial charge in [-0.15, -0.1) is 0 Å². The number of H-pyrrole nitrogens is 1. The van der Waals surface area contributed by atoms with Gasteiger partial charge in [0.05, 0.1) is 13.8 Å². The number of hydrogen-bond acceptors (Lipinski definition) is 3. The molecule has 5 nitrogen and oxygen atoms in total. The van der Waals surface area contributed by atoms with E-state index in [1.54, 1.807) is 24.3 Å². The summed E-state index contributed by atoms with van der Waals surface area (Å²) in [6.07, 6.45) is 5.88. The van der Waals surface area contributed by atoms with Crippen LogP contribution in [0.4, 0.5) is 0 Å². The largest absolute Gasteiger partial charge is 0.512 e. The first-order valence-electron chi connectivity index (χ1n) is 11.6. The second kappa shape index (κ2) is 8.74. The van der Waals surface area contributed by atoms with Crippen molar-refractivity contribution in [3.63, 3.8) is 0 Å². The van der Waals surface area contributed by atoms with Crippen molar-refractivity contribution in [2.75, 3.05) is 0 Å². The van der Waals surface area contributed by atoms with E-state index in [-0.39, 0.29) is 21.4 Å². The second-order valence-electron chi connectivity index (χ2n) is 9.92. The fourth-order valence-corrected chi connectivity index (χ4v) is 12.0. The summed E-state index contributed by atoms with van der Waals surface area (Å²) in [6, 6.07) is 10.4. The highest BCUT2D eigenvalue weighted by molar-refractivity contribution is 6.83. The Hall–Kier alpha value is -2.60. The van der Waals surface area contributed by atoms with Crippen molar-refractivity contribution in [2.24, 2.45) is 5.41 Å².